The van der Waals surface area contributed by atoms with E-state index in [-0.39, 0.29) is 11.7 Å². The molecule has 32 heavy (non-hydrogen) atoms. The Morgan fingerprint density at radius 3 is 1.88 bits per heavy atom. The van der Waals surface area contributed by atoms with Crippen LogP contribution in [0, 0.1) is 0 Å². The molecule has 1 saturated heterocycles. The Bertz CT molecular complexity index is 1050. The summed E-state index contributed by atoms with van der Waals surface area (Å²) in [5, 5.41) is 6.11. The maximum atomic E-state index is 12.7. The molecule has 0 radical (unpaired) electrons. The van der Waals surface area contributed by atoms with Gasteiger partial charge >= 0.3 is 0 Å². The summed E-state index contributed by atoms with van der Waals surface area (Å²) in [5.41, 5.74) is 4.51. The number of amides is 1. The molecule has 1 aliphatic heterocycles. The Kier molecular flexibility index (Phi) is 6.82. The van der Waals surface area contributed by atoms with Gasteiger partial charge < -0.3 is 20.3 Å². The van der Waals surface area contributed by atoms with Crippen LogP contribution in [0.3, 0.4) is 0 Å². The quantitative estimate of drug-likeness (QED) is 0.544. The predicted octanol–water partition coefficient (Wildman–Crippen LogP) is 4.44. The van der Waals surface area contributed by atoms with Gasteiger partial charge in [-0.2, -0.15) is 0 Å². The predicted molar refractivity (Wildman–Crippen MR) is 128 cm³/mol. The van der Waals surface area contributed by atoms with Crippen molar-refractivity contribution in [2.75, 3.05) is 48.4 Å². The zero-order valence-electron chi connectivity index (χ0n) is 18.1. The summed E-state index contributed by atoms with van der Waals surface area (Å²) in [6, 6.07) is 22.0. The molecular weight excluding hydrogens is 402 g/mol. The summed E-state index contributed by atoms with van der Waals surface area (Å²) in [5.74, 6) is -0.235. The van der Waals surface area contributed by atoms with Crippen molar-refractivity contribution in [1.29, 1.82) is 0 Å². The Hall–Kier alpha value is -3.64. The van der Waals surface area contributed by atoms with Crippen LogP contribution < -0.4 is 15.5 Å². The number of rotatable bonds is 7. The second kappa shape index (κ2) is 10.1. The van der Waals surface area contributed by atoms with E-state index in [2.05, 4.69) is 15.5 Å². The first kappa shape index (κ1) is 21.6. The van der Waals surface area contributed by atoms with Gasteiger partial charge in [-0.3, -0.25) is 9.59 Å². The van der Waals surface area contributed by atoms with Crippen LogP contribution in [0.15, 0.2) is 72.8 Å². The van der Waals surface area contributed by atoms with E-state index in [0.29, 0.717) is 22.4 Å². The van der Waals surface area contributed by atoms with Crippen molar-refractivity contribution in [3.8, 4) is 0 Å². The first-order valence-electron chi connectivity index (χ1n) is 10.9. The fraction of sp³-hybridized carbons (Fsp3) is 0.231. The summed E-state index contributed by atoms with van der Waals surface area (Å²) in [7, 11) is 0. The molecule has 0 saturated carbocycles. The van der Waals surface area contributed by atoms with Crippen molar-refractivity contribution in [3.05, 3.63) is 89.5 Å². The molecule has 3 aromatic rings. The lowest BCUT2D eigenvalue weighted by atomic mass is 10.0. The standard InChI is InChI=1S/C26H27N3O3/c1-2-27-22-9-3-19(4-10-22)25(30)20-5-11-23(12-6-20)28-26(31)21-7-13-24(14-8-21)29-15-17-32-18-16-29/h3-14,27H,2,15-18H2,1H3,(H,28,31). The molecule has 2 N–H and O–H groups in total. The molecule has 0 spiro atoms. The number of ether oxygens (including phenoxy) is 1. The highest BCUT2D eigenvalue weighted by atomic mass is 16.5. The molecule has 0 aromatic heterocycles. The number of nitrogens with zero attached hydrogens (tertiary/aromatic N) is 1. The molecule has 0 bridgehead atoms. The number of benzene rings is 3. The van der Waals surface area contributed by atoms with Crippen molar-refractivity contribution < 1.29 is 14.3 Å². The van der Waals surface area contributed by atoms with Crippen LogP contribution in [0.1, 0.15) is 33.2 Å². The van der Waals surface area contributed by atoms with Crippen molar-refractivity contribution in [2.24, 2.45) is 0 Å². The maximum Gasteiger partial charge on any atom is 0.255 e. The smallest absolute Gasteiger partial charge is 0.255 e. The van der Waals surface area contributed by atoms with E-state index in [0.717, 1.165) is 44.2 Å². The third-order valence-corrected chi connectivity index (χ3v) is 5.44. The van der Waals surface area contributed by atoms with Crippen LogP contribution in [-0.2, 0) is 4.74 Å². The highest BCUT2D eigenvalue weighted by molar-refractivity contribution is 6.09. The monoisotopic (exact) mass is 429 g/mol. The highest BCUT2D eigenvalue weighted by Crippen LogP contribution is 2.19. The Morgan fingerprint density at radius 1 is 0.781 bits per heavy atom. The molecule has 6 heteroatoms. The minimum absolute atomic E-state index is 0.0513. The third kappa shape index (κ3) is 5.15. The third-order valence-electron chi connectivity index (χ3n) is 5.44. The van der Waals surface area contributed by atoms with Crippen LogP contribution in [0.5, 0.6) is 0 Å². The van der Waals surface area contributed by atoms with Crippen LogP contribution >= 0.6 is 0 Å². The first-order chi connectivity index (χ1) is 15.6. The molecule has 1 amide bonds. The SMILES string of the molecule is CCNc1ccc(C(=O)c2ccc(NC(=O)c3ccc(N4CCOCC4)cc3)cc2)cc1. The Balaban J connectivity index is 1.37. The van der Waals surface area contributed by atoms with Crippen molar-refractivity contribution in [2.45, 2.75) is 6.92 Å². The number of anilines is 3. The summed E-state index contributed by atoms with van der Waals surface area (Å²) in [4.78, 5) is 27.6. The second-order valence-electron chi connectivity index (χ2n) is 7.61. The van der Waals surface area contributed by atoms with Gasteiger partial charge in [0.2, 0.25) is 0 Å². The van der Waals surface area contributed by atoms with Crippen LogP contribution in [0.2, 0.25) is 0 Å². The molecule has 1 heterocycles. The zero-order valence-corrected chi connectivity index (χ0v) is 18.1. The number of morpholine rings is 1. The molecule has 164 valence electrons. The summed E-state index contributed by atoms with van der Waals surface area (Å²) >= 11 is 0. The zero-order chi connectivity index (χ0) is 22.3. The van der Waals surface area contributed by atoms with E-state index < -0.39 is 0 Å². The van der Waals surface area contributed by atoms with E-state index in [9.17, 15) is 9.59 Å². The van der Waals surface area contributed by atoms with Crippen molar-refractivity contribution >= 4 is 28.8 Å². The van der Waals surface area contributed by atoms with Gasteiger partial charge in [-0.25, -0.2) is 0 Å². The largest absolute Gasteiger partial charge is 0.385 e. The van der Waals surface area contributed by atoms with Gasteiger partial charge in [-0.1, -0.05) is 0 Å². The molecule has 0 unspecified atom stereocenters. The second-order valence-corrected chi connectivity index (χ2v) is 7.61. The fourth-order valence-electron chi connectivity index (χ4n) is 3.66. The van der Waals surface area contributed by atoms with Gasteiger partial charge in [0.25, 0.3) is 5.91 Å². The molecule has 1 aliphatic rings. The Labute approximate surface area is 188 Å². The lowest BCUT2D eigenvalue weighted by molar-refractivity contribution is 0.102. The van der Waals surface area contributed by atoms with Crippen molar-refractivity contribution in [1.82, 2.24) is 0 Å². The van der Waals surface area contributed by atoms with E-state index in [1.807, 2.05) is 55.5 Å². The molecular formula is C26H27N3O3. The van der Waals surface area contributed by atoms with Gasteiger partial charge in [0.05, 0.1) is 13.2 Å². The fourth-order valence-corrected chi connectivity index (χ4v) is 3.66. The molecule has 3 aromatic carbocycles. The normalized spacial score (nSPS) is 13.5. The Morgan fingerprint density at radius 2 is 1.31 bits per heavy atom. The van der Waals surface area contributed by atoms with Gasteiger partial charge in [-0.05, 0) is 79.7 Å². The highest BCUT2D eigenvalue weighted by Gasteiger charge is 2.13. The number of hydrogen-bond donors (Lipinski definition) is 2. The number of hydrogen-bond acceptors (Lipinski definition) is 5. The van der Waals surface area contributed by atoms with Gasteiger partial charge in [0.15, 0.2) is 5.78 Å². The molecule has 0 aliphatic carbocycles. The molecule has 0 atom stereocenters. The van der Waals surface area contributed by atoms with E-state index in [1.165, 1.54) is 0 Å². The number of carbonyl (C=O) groups is 2. The summed E-state index contributed by atoms with van der Waals surface area (Å²) < 4.78 is 5.38. The van der Waals surface area contributed by atoms with Crippen LogP contribution in [0.4, 0.5) is 17.1 Å². The average Bonchev–Trinajstić information content (AvgIpc) is 2.85. The molecule has 1 fully saturated rings. The lowest BCUT2D eigenvalue weighted by Crippen LogP contribution is -2.36. The van der Waals surface area contributed by atoms with E-state index >= 15 is 0 Å². The molecule has 4 rings (SSSR count). The summed E-state index contributed by atoms with van der Waals surface area (Å²) in [6.07, 6.45) is 0. The average molecular weight is 430 g/mol. The van der Waals surface area contributed by atoms with Crippen LogP contribution in [-0.4, -0.2) is 44.5 Å². The van der Waals surface area contributed by atoms with Crippen molar-refractivity contribution in [3.63, 3.8) is 0 Å². The van der Waals surface area contributed by atoms with Gasteiger partial charge in [0, 0.05) is 53.4 Å². The van der Waals surface area contributed by atoms with Crippen LogP contribution in [0.25, 0.3) is 0 Å². The van der Waals surface area contributed by atoms with Gasteiger partial charge in [-0.15, -0.1) is 0 Å². The van der Waals surface area contributed by atoms with Gasteiger partial charge in [0.1, 0.15) is 0 Å². The minimum atomic E-state index is -0.184. The minimum Gasteiger partial charge on any atom is -0.385 e. The summed E-state index contributed by atoms with van der Waals surface area (Å²) in [6.45, 7) is 6.02. The van der Waals surface area contributed by atoms with E-state index in [1.54, 1.807) is 24.3 Å². The lowest BCUT2D eigenvalue weighted by Gasteiger charge is -2.28. The maximum absolute atomic E-state index is 12.7. The number of carbonyl (C=O) groups excluding carboxylic acids is 2. The topological polar surface area (TPSA) is 70.7 Å². The molecule has 6 nitrogen and oxygen atoms in total. The number of ketones is 1. The number of nitrogens with one attached hydrogen (secondary N) is 2. The first-order valence-corrected chi connectivity index (χ1v) is 10.9. The van der Waals surface area contributed by atoms with E-state index in [4.69, 9.17) is 4.74 Å².